The van der Waals surface area contributed by atoms with Gasteiger partial charge < -0.3 is 11.1 Å². The summed E-state index contributed by atoms with van der Waals surface area (Å²) in [6, 6.07) is 0. The molecule has 0 radical (unpaired) electrons. The molecule has 1 saturated heterocycles. The van der Waals surface area contributed by atoms with E-state index in [1.54, 1.807) is 12.2 Å². The highest BCUT2D eigenvalue weighted by Crippen LogP contribution is 2.51. The van der Waals surface area contributed by atoms with Crippen molar-refractivity contribution in [2.45, 2.75) is 37.5 Å². The maximum absolute atomic E-state index is 11.7. The fraction of sp³-hybridized carbons (Fsp3) is 0.667. The first kappa shape index (κ1) is 15.9. The Morgan fingerprint density at radius 1 is 1.55 bits per heavy atom. The van der Waals surface area contributed by atoms with E-state index in [1.807, 2.05) is 0 Å². The van der Waals surface area contributed by atoms with Crippen molar-refractivity contribution in [1.82, 2.24) is 5.32 Å². The monoisotopic (exact) mass is 316 g/mol. The summed E-state index contributed by atoms with van der Waals surface area (Å²) in [6.45, 7) is 3.91. The van der Waals surface area contributed by atoms with Crippen molar-refractivity contribution in [3.8, 4) is 0 Å². The third kappa shape index (κ3) is 2.76. The lowest BCUT2D eigenvalue weighted by Crippen LogP contribution is -2.46. The van der Waals surface area contributed by atoms with Crippen molar-refractivity contribution >= 4 is 29.1 Å². The molecule has 0 aromatic carbocycles. The number of alkyl halides is 1. The largest absolute Gasteiger partial charge is 0.366 e. The van der Waals surface area contributed by atoms with Crippen LogP contribution in [0.3, 0.4) is 0 Å². The molecule has 5 heteroatoms. The summed E-state index contributed by atoms with van der Waals surface area (Å²) < 4.78 is 0. The van der Waals surface area contributed by atoms with Crippen LogP contribution in [0.25, 0.3) is 0 Å². The van der Waals surface area contributed by atoms with Gasteiger partial charge in [-0.25, -0.2) is 0 Å². The predicted molar refractivity (Wildman–Crippen MR) is 83.8 cm³/mol. The topological polar surface area (TPSA) is 55.1 Å². The van der Waals surface area contributed by atoms with Gasteiger partial charge in [-0.1, -0.05) is 37.4 Å². The van der Waals surface area contributed by atoms with Crippen LogP contribution in [0.4, 0.5) is 0 Å². The van der Waals surface area contributed by atoms with Gasteiger partial charge >= 0.3 is 0 Å². The summed E-state index contributed by atoms with van der Waals surface area (Å²) in [6.07, 6.45) is 7.37. The standard InChI is InChI=1S/C15H22Cl2N2O/c1-2-3-4-12-11(14(18)20)5-6-13(16)15(12,17)10-7-8-19-9-10/h5-6,10,12,19H,2-4,7-9H2,1H3,(H2,18,20). The minimum Gasteiger partial charge on any atom is -0.366 e. The maximum Gasteiger partial charge on any atom is 0.244 e. The van der Waals surface area contributed by atoms with Gasteiger partial charge in [0.05, 0.1) is 4.87 Å². The van der Waals surface area contributed by atoms with Crippen molar-refractivity contribution in [1.29, 1.82) is 0 Å². The van der Waals surface area contributed by atoms with Crippen LogP contribution < -0.4 is 11.1 Å². The summed E-state index contributed by atoms with van der Waals surface area (Å²) in [7, 11) is 0. The highest BCUT2D eigenvalue weighted by atomic mass is 35.5. The molecule has 2 rings (SSSR count). The second-order valence-corrected chi connectivity index (χ2v) is 6.69. The second kappa shape index (κ2) is 6.50. The number of carbonyl (C=O) groups excluding carboxylic acids is 1. The van der Waals surface area contributed by atoms with E-state index in [2.05, 4.69) is 12.2 Å². The normalized spacial score (nSPS) is 33.8. The Labute approximate surface area is 130 Å². The van der Waals surface area contributed by atoms with Gasteiger partial charge in [-0.05, 0) is 31.4 Å². The smallest absolute Gasteiger partial charge is 0.244 e. The van der Waals surface area contributed by atoms with Gasteiger partial charge in [0.2, 0.25) is 5.91 Å². The summed E-state index contributed by atoms with van der Waals surface area (Å²) in [5.74, 6) is -0.246. The van der Waals surface area contributed by atoms with Crippen LogP contribution in [0, 0.1) is 11.8 Å². The Kier molecular flexibility index (Phi) is 5.16. The van der Waals surface area contributed by atoms with Crippen molar-refractivity contribution < 1.29 is 4.79 Å². The number of unbranched alkanes of at least 4 members (excludes halogenated alkanes) is 1. The SMILES string of the molecule is CCCCC1C(C(N)=O)=CC=C(Cl)C1(Cl)C1CCNC1. The van der Waals surface area contributed by atoms with Crippen LogP contribution in [0.5, 0.6) is 0 Å². The Hall–Kier alpha value is -0.510. The van der Waals surface area contributed by atoms with Crippen LogP contribution in [0.1, 0.15) is 32.6 Å². The molecule has 2 aliphatic rings. The Morgan fingerprint density at radius 2 is 2.30 bits per heavy atom. The molecule has 0 bridgehead atoms. The molecule has 1 amide bonds. The van der Waals surface area contributed by atoms with Crippen LogP contribution in [-0.4, -0.2) is 23.9 Å². The lowest BCUT2D eigenvalue weighted by atomic mass is 9.71. The third-order valence-corrected chi connectivity index (χ3v) is 5.75. The average molecular weight is 317 g/mol. The first-order valence-corrected chi connectivity index (χ1v) is 8.04. The summed E-state index contributed by atoms with van der Waals surface area (Å²) in [5, 5.41) is 3.97. The highest BCUT2D eigenvalue weighted by Gasteiger charge is 2.50. The summed E-state index contributed by atoms with van der Waals surface area (Å²) in [4.78, 5) is 11.0. The van der Waals surface area contributed by atoms with E-state index in [0.29, 0.717) is 10.6 Å². The van der Waals surface area contributed by atoms with Crippen molar-refractivity contribution in [3.05, 3.63) is 22.8 Å². The summed E-state index contributed by atoms with van der Waals surface area (Å²) >= 11 is 13.4. The van der Waals surface area contributed by atoms with Gasteiger partial charge in [0.25, 0.3) is 0 Å². The Balaban J connectivity index is 2.37. The van der Waals surface area contributed by atoms with E-state index in [9.17, 15) is 4.79 Å². The number of nitrogens with one attached hydrogen (secondary N) is 1. The van der Waals surface area contributed by atoms with Gasteiger partial charge in [0.15, 0.2) is 0 Å². The molecule has 3 nitrogen and oxygen atoms in total. The zero-order valence-corrected chi connectivity index (χ0v) is 13.3. The van der Waals surface area contributed by atoms with E-state index < -0.39 is 4.87 Å². The molecule has 1 aliphatic heterocycles. The zero-order valence-electron chi connectivity index (χ0n) is 11.8. The summed E-state index contributed by atoms with van der Waals surface area (Å²) in [5.41, 5.74) is 6.16. The van der Waals surface area contributed by atoms with Gasteiger partial charge in [-0.15, -0.1) is 11.6 Å². The number of allylic oxidation sites excluding steroid dienone is 3. The number of carbonyl (C=O) groups is 1. The van der Waals surface area contributed by atoms with E-state index >= 15 is 0 Å². The van der Waals surface area contributed by atoms with E-state index in [-0.39, 0.29) is 17.7 Å². The molecule has 1 heterocycles. The van der Waals surface area contributed by atoms with Crippen molar-refractivity contribution in [3.63, 3.8) is 0 Å². The molecule has 3 atom stereocenters. The Bertz CT molecular complexity index is 441. The second-order valence-electron chi connectivity index (χ2n) is 5.65. The molecule has 1 fully saturated rings. The average Bonchev–Trinajstić information content (AvgIpc) is 2.94. The molecule has 3 N–H and O–H groups in total. The number of halogens is 2. The van der Waals surface area contributed by atoms with E-state index in [0.717, 1.165) is 38.8 Å². The quantitative estimate of drug-likeness (QED) is 0.766. The van der Waals surface area contributed by atoms with Gasteiger partial charge in [0, 0.05) is 23.1 Å². The van der Waals surface area contributed by atoms with E-state index in [1.165, 1.54) is 0 Å². The van der Waals surface area contributed by atoms with Gasteiger partial charge in [0.1, 0.15) is 0 Å². The highest BCUT2D eigenvalue weighted by molar-refractivity contribution is 6.40. The minimum absolute atomic E-state index is 0.0935. The fourth-order valence-corrected chi connectivity index (χ4v) is 4.14. The van der Waals surface area contributed by atoms with Crippen LogP contribution in [0.15, 0.2) is 22.8 Å². The first-order chi connectivity index (χ1) is 9.51. The number of hydrogen-bond acceptors (Lipinski definition) is 2. The number of rotatable bonds is 5. The lowest BCUT2D eigenvalue weighted by molar-refractivity contribution is -0.115. The molecule has 0 spiro atoms. The first-order valence-electron chi connectivity index (χ1n) is 7.29. The van der Waals surface area contributed by atoms with Crippen molar-refractivity contribution in [2.75, 3.05) is 13.1 Å². The molecule has 3 unspecified atom stereocenters. The molecular weight excluding hydrogens is 295 g/mol. The molecule has 0 saturated carbocycles. The molecule has 20 heavy (non-hydrogen) atoms. The number of hydrogen-bond donors (Lipinski definition) is 2. The Morgan fingerprint density at radius 3 is 2.85 bits per heavy atom. The van der Waals surface area contributed by atoms with Crippen molar-refractivity contribution in [2.24, 2.45) is 17.6 Å². The number of nitrogens with two attached hydrogens (primary N) is 1. The fourth-order valence-electron chi connectivity index (χ4n) is 3.32. The molecule has 0 aromatic heterocycles. The van der Waals surface area contributed by atoms with Gasteiger partial charge in [-0.3, -0.25) is 4.79 Å². The maximum atomic E-state index is 11.7. The molecule has 1 aliphatic carbocycles. The van der Waals surface area contributed by atoms with Crippen LogP contribution >= 0.6 is 23.2 Å². The van der Waals surface area contributed by atoms with Crippen LogP contribution in [0.2, 0.25) is 0 Å². The predicted octanol–water partition coefficient (Wildman–Crippen LogP) is 2.93. The molecular formula is C15H22Cl2N2O. The van der Waals surface area contributed by atoms with Gasteiger partial charge in [-0.2, -0.15) is 0 Å². The lowest BCUT2D eigenvalue weighted by Gasteiger charge is -2.42. The number of amides is 1. The zero-order chi connectivity index (χ0) is 14.8. The third-order valence-electron chi connectivity index (χ3n) is 4.44. The molecule has 112 valence electrons. The molecule has 0 aromatic rings. The van der Waals surface area contributed by atoms with Crippen LogP contribution in [-0.2, 0) is 4.79 Å². The number of primary amides is 1. The minimum atomic E-state index is -0.695. The van der Waals surface area contributed by atoms with E-state index in [4.69, 9.17) is 28.9 Å².